The third-order valence-electron chi connectivity index (χ3n) is 0.963. The van der Waals surface area contributed by atoms with Gasteiger partial charge in [-0.15, -0.1) is 29.1 Å². The second kappa shape index (κ2) is 7.68. The Hall–Kier alpha value is 0.580. The van der Waals surface area contributed by atoms with Crippen LogP contribution in [0.5, 0.6) is 0 Å². The highest BCUT2D eigenvalue weighted by Crippen LogP contribution is 2.19. The van der Waals surface area contributed by atoms with E-state index in [1.54, 1.807) is 11.8 Å². The molecule has 0 aliphatic rings. The van der Waals surface area contributed by atoms with Gasteiger partial charge in [0.2, 0.25) is 0 Å². The maximum Gasteiger partial charge on any atom is 0.0638 e. The third kappa shape index (κ3) is 5.37. The van der Waals surface area contributed by atoms with Crippen molar-refractivity contribution in [2.24, 2.45) is 0 Å². The molecule has 1 atom stereocenters. The molecule has 0 spiro atoms. The summed E-state index contributed by atoms with van der Waals surface area (Å²) in [6.45, 7) is 2.90. The lowest BCUT2D eigenvalue weighted by atomic mass is 10.8. The van der Waals surface area contributed by atoms with Gasteiger partial charge in [0.1, 0.15) is 0 Å². The van der Waals surface area contributed by atoms with Crippen molar-refractivity contribution in [3.8, 4) is 0 Å². The van der Waals surface area contributed by atoms with Crippen molar-refractivity contribution in [1.29, 1.82) is 0 Å². The zero-order chi connectivity index (χ0) is 7.82. The molecular formula is C5H14N2OS2. The summed E-state index contributed by atoms with van der Waals surface area (Å²) in [5.74, 6) is 1.11. The summed E-state index contributed by atoms with van der Waals surface area (Å²) in [7, 11) is 0. The van der Waals surface area contributed by atoms with Gasteiger partial charge < -0.3 is 5.21 Å². The van der Waals surface area contributed by atoms with Crippen LogP contribution in [0, 0.1) is 0 Å². The van der Waals surface area contributed by atoms with Gasteiger partial charge in [-0.1, -0.05) is 6.92 Å². The molecule has 0 aliphatic heterocycles. The third-order valence-corrected chi connectivity index (χ3v) is 3.51. The molecule has 0 saturated carbocycles. The number of rotatable bonds is 6. The molecule has 0 radical (unpaired) electrons. The quantitative estimate of drug-likeness (QED) is 0.421. The maximum absolute atomic E-state index is 8.20. The Morgan fingerprint density at radius 1 is 1.60 bits per heavy atom. The molecule has 0 fully saturated rings. The van der Waals surface area contributed by atoms with E-state index in [1.807, 2.05) is 17.4 Å². The van der Waals surface area contributed by atoms with Crippen LogP contribution in [0.25, 0.3) is 0 Å². The molecular weight excluding hydrogens is 168 g/mol. The fourth-order valence-electron chi connectivity index (χ4n) is 0.525. The smallest absolute Gasteiger partial charge is 0.0638 e. The number of thioether (sulfide) groups is 2. The molecule has 0 rings (SSSR count). The Bertz CT molecular complexity index is 74.7. The van der Waals surface area contributed by atoms with Gasteiger partial charge in [0.05, 0.1) is 4.58 Å². The van der Waals surface area contributed by atoms with Crippen LogP contribution < -0.4 is 11.0 Å². The lowest BCUT2D eigenvalue weighted by Crippen LogP contribution is -2.33. The van der Waals surface area contributed by atoms with E-state index < -0.39 is 0 Å². The van der Waals surface area contributed by atoms with Gasteiger partial charge in [-0.2, -0.15) is 0 Å². The van der Waals surface area contributed by atoms with Crippen LogP contribution in [0.1, 0.15) is 6.92 Å². The summed E-state index contributed by atoms with van der Waals surface area (Å²) >= 11 is 3.65. The molecule has 5 heteroatoms. The van der Waals surface area contributed by atoms with Crippen LogP contribution >= 0.6 is 23.5 Å². The molecule has 1 unspecified atom stereocenters. The highest BCUT2D eigenvalue weighted by molar-refractivity contribution is 8.16. The molecule has 3 N–H and O–H groups in total. The monoisotopic (exact) mass is 182 g/mol. The number of nitrogens with one attached hydrogen (secondary N) is 2. The van der Waals surface area contributed by atoms with E-state index in [0.29, 0.717) is 4.58 Å². The highest BCUT2D eigenvalue weighted by atomic mass is 32.2. The van der Waals surface area contributed by atoms with Crippen LogP contribution in [0.2, 0.25) is 0 Å². The SMILES string of the molecule is CCSC(CNNO)SC. The minimum atomic E-state index is 0.518. The molecule has 3 nitrogen and oxygen atoms in total. The molecule has 0 saturated heterocycles. The van der Waals surface area contributed by atoms with Crippen LogP contribution in [0.4, 0.5) is 0 Å². The second-order valence-corrected chi connectivity index (χ2v) is 4.43. The van der Waals surface area contributed by atoms with Crippen LogP contribution in [0.3, 0.4) is 0 Å². The first-order valence-electron chi connectivity index (χ1n) is 3.11. The molecule has 0 aromatic heterocycles. The van der Waals surface area contributed by atoms with Gasteiger partial charge in [0, 0.05) is 6.54 Å². The van der Waals surface area contributed by atoms with Crippen molar-refractivity contribution in [3.05, 3.63) is 0 Å². The van der Waals surface area contributed by atoms with E-state index in [0.717, 1.165) is 12.3 Å². The molecule has 62 valence electrons. The lowest BCUT2D eigenvalue weighted by molar-refractivity contribution is 0.122. The molecule has 0 amide bonds. The van der Waals surface area contributed by atoms with E-state index in [4.69, 9.17) is 5.21 Å². The van der Waals surface area contributed by atoms with Crippen molar-refractivity contribution < 1.29 is 5.21 Å². The molecule has 0 aromatic rings. The molecule has 0 bridgehead atoms. The van der Waals surface area contributed by atoms with Crippen molar-refractivity contribution in [2.45, 2.75) is 11.5 Å². The van der Waals surface area contributed by atoms with Gasteiger partial charge in [0.25, 0.3) is 0 Å². The number of hydrazine groups is 1. The summed E-state index contributed by atoms with van der Waals surface area (Å²) in [6, 6.07) is 0. The topological polar surface area (TPSA) is 44.3 Å². The van der Waals surface area contributed by atoms with Gasteiger partial charge in [-0.25, -0.2) is 5.43 Å². The zero-order valence-corrected chi connectivity index (χ0v) is 7.89. The first-order chi connectivity index (χ1) is 4.85. The van der Waals surface area contributed by atoms with E-state index in [9.17, 15) is 0 Å². The normalized spacial score (nSPS) is 13.5. The Balaban J connectivity index is 3.21. The van der Waals surface area contributed by atoms with E-state index in [2.05, 4.69) is 18.6 Å². The van der Waals surface area contributed by atoms with Crippen LogP contribution in [0.15, 0.2) is 0 Å². The molecule has 10 heavy (non-hydrogen) atoms. The predicted molar refractivity (Wildman–Crippen MR) is 48.4 cm³/mol. The van der Waals surface area contributed by atoms with E-state index in [1.165, 1.54) is 0 Å². The molecule has 0 aromatic carbocycles. The maximum atomic E-state index is 8.20. The summed E-state index contributed by atoms with van der Waals surface area (Å²) in [4.78, 5) is 0. The summed E-state index contributed by atoms with van der Waals surface area (Å²) < 4.78 is 0.518. The number of hydrogen-bond donors (Lipinski definition) is 3. The van der Waals surface area contributed by atoms with Crippen LogP contribution in [-0.4, -0.2) is 28.3 Å². The molecule has 0 aliphatic carbocycles. The second-order valence-electron chi connectivity index (χ2n) is 1.61. The lowest BCUT2D eigenvalue weighted by Gasteiger charge is -2.11. The van der Waals surface area contributed by atoms with Crippen LogP contribution in [-0.2, 0) is 0 Å². The minimum absolute atomic E-state index is 0.518. The van der Waals surface area contributed by atoms with Crippen molar-refractivity contribution in [3.63, 3.8) is 0 Å². The minimum Gasteiger partial charge on any atom is -0.302 e. The van der Waals surface area contributed by atoms with E-state index >= 15 is 0 Å². The summed E-state index contributed by atoms with van der Waals surface area (Å²) in [5.41, 5.74) is 4.56. The van der Waals surface area contributed by atoms with Crippen molar-refractivity contribution in [1.82, 2.24) is 11.0 Å². The van der Waals surface area contributed by atoms with Gasteiger partial charge >= 0.3 is 0 Å². The first kappa shape index (κ1) is 10.6. The first-order valence-corrected chi connectivity index (χ1v) is 5.45. The van der Waals surface area contributed by atoms with Gasteiger partial charge in [-0.3, -0.25) is 0 Å². The van der Waals surface area contributed by atoms with Gasteiger partial charge in [-0.05, 0) is 12.0 Å². The fourth-order valence-corrected chi connectivity index (χ4v) is 2.30. The fraction of sp³-hybridized carbons (Fsp3) is 1.00. The number of hydrogen-bond acceptors (Lipinski definition) is 5. The largest absolute Gasteiger partial charge is 0.302 e. The average Bonchev–Trinajstić information content (AvgIpc) is 1.98. The average molecular weight is 182 g/mol. The Labute approximate surface area is 70.3 Å². The van der Waals surface area contributed by atoms with E-state index in [-0.39, 0.29) is 0 Å². The zero-order valence-electron chi connectivity index (χ0n) is 6.26. The summed E-state index contributed by atoms with van der Waals surface area (Å²) in [6.07, 6.45) is 2.06. The Morgan fingerprint density at radius 3 is 2.70 bits per heavy atom. The standard InChI is InChI=1S/C5H14N2OS2/c1-3-10-5(9-2)4-6-7-8/h5-8H,3-4H2,1-2H3. The summed E-state index contributed by atoms with van der Waals surface area (Å²) in [5, 5.41) is 8.20. The Kier molecular flexibility index (Phi) is 8.13. The van der Waals surface area contributed by atoms with Crippen molar-refractivity contribution >= 4 is 23.5 Å². The highest BCUT2D eigenvalue weighted by Gasteiger charge is 2.03. The predicted octanol–water partition coefficient (Wildman–Crippen LogP) is 0.912. The Morgan fingerprint density at radius 2 is 2.30 bits per heavy atom. The van der Waals surface area contributed by atoms with Crippen molar-refractivity contribution in [2.75, 3.05) is 18.6 Å². The molecule has 0 heterocycles. The van der Waals surface area contributed by atoms with Gasteiger partial charge in [0.15, 0.2) is 0 Å².